The van der Waals surface area contributed by atoms with Crippen LogP contribution < -0.4 is 10.6 Å². The zero-order valence-electron chi connectivity index (χ0n) is 11.8. The number of carbonyl (C=O) groups excluding carboxylic acids is 2. The number of carbonyl (C=O) groups is 3. The summed E-state index contributed by atoms with van der Waals surface area (Å²) >= 11 is 0. The van der Waals surface area contributed by atoms with Crippen molar-refractivity contribution in [1.29, 1.82) is 0 Å². The van der Waals surface area contributed by atoms with Crippen LogP contribution in [0.3, 0.4) is 0 Å². The quantitative estimate of drug-likeness (QED) is 0.753. The van der Waals surface area contributed by atoms with Crippen LogP contribution in [0.5, 0.6) is 0 Å². The second-order valence-electron chi connectivity index (χ2n) is 5.57. The largest absolute Gasteiger partial charge is 0.479 e. The van der Waals surface area contributed by atoms with Crippen LogP contribution in [0, 0.1) is 0 Å². The molecule has 116 valence electrons. The van der Waals surface area contributed by atoms with Crippen molar-refractivity contribution in [2.75, 3.05) is 18.5 Å². The highest BCUT2D eigenvalue weighted by Crippen LogP contribution is 2.33. The Hall–Kier alpha value is -2.41. The monoisotopic (exact) mass is 304 g/mol. The number of aliphatic carboxylic acids is 1. The van der Waals surface area contributed by atoms with E-state index in [1.54, 1.807) is 24.3 Å². The average molecular weight is 304 g/mol. The predicted octanol–water partition coefficient (Wildman–Crippen LogP) is 0.472. The minimum Gasteiger partial charge on any atom is -0.479 e. The second-order valence-corrected chi connectivity index (χ2v) is 5.57. The van der Waals surface area contributed by atoms with Crippen LogP contribution in [-0.2, 0) is 19.1 Å². The molecule has 3 rings (SSSR count). The highest BCUT2D eigenvalue weighted by atomic mass is 16.5. The van der Waals surface area contributed by atoms with E-state index in [0.29, 0.717) is 11.3 Å². The highest BCUT2D eigenvalue weighted by molar-refractivity contribution is 6.02. The van der Waals surface area contributed by atoms with E-state index in [2.05, 4.69) is 10.6 Å². The molecule has 2 atom stereocenters. The smallest absolute Gasteiger partial charge is 0.331 e. The maximum atomic E-state index is 12.6. The van der Waals surface area contributed by atoms with Gasteiger partial charge in [-0.15, -0.1) is 0 Å². The van der Waals surface area contributed by atoms with Gasteiger partial charge in [0.05, 0.1) is 12.5 Å². The van der Waals surface area contributed by atoms with Crippen LogP contribution in [0.2, 0.25) is 0 Å². The van der Waals surface area contributed by atoms with Crippen LogP contribution in [-0.4, -0.2) is 41.6 Å². The third-order valence-corrected chi connectivity index (χ3v) is 4.11. The van der Waals surface area contributed by atoms with Crippen LogP contribution in [0.1, 0.15) is 24.3 Å². The molecule has 7 heteroatoms. The van der Waals surface area contributed by atoms with Gasteiger partial charge < -0.3 is 20.5 Å². The lowest BCUT2D eigenvalue weighted by molar-refractivity contribution is -0.148. The van der Waals surface area contributed by atoms with Crippen molar-refractivity contribution in [1.82, 2.24) is 5.32 Å². The van der Waals surface area contributed by atoms with Gasteiger partial charge in [0.15, 0.2) is 5.54 Å². The fraction of sp³-hybridized carbons (Fsp3) is 0.400. The molecule has 3 N–H and O–H groups in total. The number of rotatable bonds is 3. The zero-order valence-corrected chi connectivity index (χ0v) is 11.8. The summed E-state index contributed by atoms with van der Waals surface area (Å²) in [7, 11) is 0. The average Bonchev–Trinajstić information content (AvgIpc) is 2.96. The van der Waals surface area contributed by atoms with E-state index < -0.39 is 23.3 Å². The van der Waals surface area contributed by atoms with Gasteiger partial charge in [0.1, 0.15) is 0 Å². The fourth-order valence-corrected chi connectivity index (χ4v) is 2.85. The lowest BCUT2D eigenvalue weighted by atomic mass is 9.88. The Labute approximate surface area is 126 Å². The molecule has 0 aliphatic carbocycles. The summed E-state index contributed by atoms with van der Waals surface area (Å²) in [5.74, 6) is -2.53. The molecule has 0 radical (unpaired) electrons. The highest BCUT2D eigenvalue weighted by Gasteiger charge is 2.45. The van der Waals surface area contributed by atoms with Gasteiger partial charge in [0.2, 0.25) is 11.8 Å². The first-order valence-corrected chi connectivity index (χ1v) is 7.04. The Bertz CT molecular complexity index is 637. The summed E-state index contributed by atoms with van der Waals surface area (Å²) in [5.41, 5.74) is -0.120. The SMILES string of the molecule is O=C1CC(C(=O)NC2(C(=O)O)CCOC2)c2ccccc2N1. The molecule has 2 amide bonds. The van der Waals surface area contributed by atoms with E-state index >= 15 is 0 Å². The Kier molecular flexibility index (Phi) is 3.58. The Morgan fingerprint density at radius 3 is 2.82 bits per heavy atom. The summed E-state index contributed by atoms with van der Waals surface area (Å²) in [4.78, 5) is 35.8. The predicted molar refractivity (Wildman–Crippen MR) is 76.4 cm³/mol. The lowest BCUT2D eigenvalue weighted by Gasteiger charge is -2.29. The summed E-state index contributed by atoms with van der Waals surface area (Å²) in [6.07, 6.45) is 0.216. The van der Waals surface area contributed by atoms with E-state index in [0.717, 1.165) is 0 Å². The van der Waals surface area contributed by atoms with E-state index in [4.69, 9.17) is 4.74 Å². The van der Waals surface area contributed by atoms with Crippen LogP contribution in [0.15, 0.2) is 24.3 Å². The van der Waals surface area contributed by atoms with Crippen molar-refractivity contribution in [3.63, 3.8) is 0 Å². The van der Waals surface area contributed by atoms with E-state index in [-0.39, 0.29) is 32.0 Å². The molecule has 22 heavy (non-hydrogen) atoms. The molecule has 0 saturated carbocycles. The van der Waals surface area contributed by atoms with E-state index in [1.165, 1.54) is 0 Å². The first-order chi connectivity index (χ1) is 10.5. The molecule has 2 unspecified atom stereocenters. The molecule has 2 aliphatic heterocycles. The molecule has 0 spiro atoms. The van der Waals surface area contributed by atoms with E-state index in [9.17, 15) is 19.5 Å². The second kappa shape index (κ2) is 5.42. The number of anilines is 1. The first kappa shape index (κ1) is 14.5. The van der Waals surface area contributed by atoms with Gasteiger partial charge >= 0.3 is 5.97 Å². The Morgan fingerprint density at radius 1 is 1.36 bits per heavy atom. The molecule has 1 aromatic rings. The van der Waals surface area contributed by atoms with Crippen LogP contribution >= 0.6 is 0 Å². The fourth-order valence-electron chi connectivity index (χ4n) is 2.85. The number of hydrogen-bond donors (Lipinski definition) is 3. The number of benzene rings is 1. The zero-order chi connectivity index (χ0) is 15.7. The number of amides is 2. The molecule has 2 aliphatic rings. The van der Waals surface area contributed by atoms with Crippen LogP contribution in [0.4, 0.5) is 5.69 Å². The molecule has 1 aromatic carbocycles. The number of para-hydroxylation sites is 1. The molecule has 0 bridgehead atoms. The number of carboxylic acid groups (broad SMARTS) is 1. The van der Waals surface area contributed by atoms with Gasteiger partial charge in [-0.05, 0) is 11.6 Å². The molecular formula is C15H16N2O5. The minimum absolute atomic E-state index is 0.000592. The third-order valence-electron chi connectivity index (χ3n) is 4.11. The minimum atomic E-state index is -1.40. The standard InChI is InChI=1S/C15H16N2O5/c18-12-7-10(9-3-1-2-4-11(9)16-12)13(19)17-15(14(20)21)5-6-22-8-15/h1-4,10H,5-8H2,(H,16,18)(H,17,19)(H,20,21). The number of fused-ring (bicyclic) bond motifs is 1. The maximum Gasteiger partial charge on any atom is 0.331 e. The van der Waals surface area contributed by atoms with E-state index in [1.807, 2.05) is 0 Å². The van der Waals surface area contributed by atoms with Crippen molar-refractivity contribution in [3.8, 4) is 0 Å². The number of carboxylic acids is 1. The number of hydrogen-bond acceptors (Lipinski definition) is 4. The molecule has 1 saturated heterocycles. The summed E-state index contributed by atoms with van der Waals surface area (Å²) < 4.78 is 5.13. The van der Waals surface area contributed by atoms with Gasteiger partial charge in [-0.3, -0.25) is 9.59 Å². The number of ether oxygens (including phenoxy) is 1. The first-order valence-electron chi connectivity index (χ1n) is 7.04. The van der Waals surface area contributed by atoms with Crippen molar-refractivity contribution < 1.29 is 24.2 Å². The molecule has 2 heterocycles. The molecular weight excluding hydrogens is 288 g/mol. The van der Waals surface area contributed by atoms with Gasteiger partial charge in [0.25, 0.3) is 0 Å². The topological polar surface area (TPSA) is 105 Å². The summed E-state index contributed by atoms with van der Waals surface area (Å²) in [6.45, 7) is 0.225. The van der Waals surface area contributed by atoms with Crippen LogP contribution in [0.25, 0.3) is 0 Å². The number of nitrogens with one attached hydrogen (secondary N) is 2. The molecule has 0 aromatic heterocycles. The van der Waals surface area contributed by atoms with Gasteiger partial charge in [-0.2, -0.15) is 0 Å². The van der Waals surface area contributed by atoms with Gasteiger partial charge in [0, 0.05) is 25.1 Å². The van der Waals surface area contributed by atoms with Crippen molar-refractivity contribution >= 4 is 23.5 Å². The van der Waals surface area contributed by atoms with Gasteiger partial charge in [-0.25, -0.2) is 4.79 Å². The maximum absolute atomic E-state index is 12.6. The normalized spacial score (nSPS) is 26.9. The Balaban J connectivity index is 1.86. The molecule has 7 nitrogen and oxygen atoms in total. The molecule has 1 fully saturated rings. The Morgan fingerprint density at radius 2 is 2.14 bits per heavy atom. The van der Waals surface area contributed by atoms with Crippen molar-refractivity contribution in [2.24, 2.45) is 0 Å². The summed E-state index contributed by atoms with van der Waals surface area (Å²) in [5, 5.41) is 14.7. The lowest BCUT2D eigenvalue weighted by Crippen LogP contribution is -2.56. The van der Waals surface area contributed by atoms with Gasteiger partial charge in [-0.1, -0.05) is 18.2 Å². The van der Waals surface area contributed by atoms with Crippen molar-refractivity contribution in [3.05, 3.63) is 29.8 Å². The summed E-state index contributed by atoms with van der Waals surface area (Å²) in [6, 6.07) is 7.03. The third kappa shape index (κ3) is 2.43. The van der Waals surface area contributed by atoms with Crippen molar-refractivity contribution in [2.45, 2.75) is 24.3 Å².